The van der Waals surface area contributed by atoms with E-state index in [2.05, 4.69) is 30.3 Å². The summed E-state index contributed by atoms with van der Waals surface area (Å²) in [7, 11) is 0. The maximum Gasteiger partial charge on any atom is 0.321 e. The Morgan fingerprint density at radius 2 is 1.96 bits per heavy atom. The van der Waals surface area contributed by atoms with E-state index in [1.165, 1.54) is 24.6 Å². The van der Waals surface area contributed by atoms with Gasteiger partial charge in [0, 0.05) is 25.7 Å². The molecule has 0 atom stereocenters. The Balaban J connectivity index is 1.54. The second-order valence-electron chi connectivity index (χ2n) is 7.02. The number of carbonyl (C=O) groups excluding carboxylic acids is 2. The Kier molecular flexibility index (Phi) is 5.82. The first-order valence-electron chi connectivity index (χ1n) is 8.95. The molecule has 2 heterocycles. The van der Waals surface area contributed by atoms with Gasteiger partial charge in [0.15, 0.2) is 5.16 Å². The third kappa shape index (κ3) is 4.87. The molecule has 1 saturated heterocycles. The van der Waals surface area contributed by atoms with Crippen molar-refractivity contribution in [3.8, 4) is 0 Å². The minimum Gasteiger partial charge on any atom is -0.341 e. The van der Waals surface area contributed by atoms with Gasteiger partial charge in [0.2, 0.25) is 11.9 Å². The zero-order chi connectivity index (χ0) is 17.8. The molecule has 1 aromatic heterocycles. The fourth-order valence-electron chi connectivity index (χ4n) is 2.79. The second-order valence-corrected chi connectivity index (χ2v) is 7.96. The highest BCUT2D eigenvalue weighted by atomic mass is 32.2. The molecule has 0 bridgehead atoms. The lowest BCUT2D eigenvalue weighted by atomic mass is 10.2. The zero-order valence-electron chi connectivity index (χ0n) is 14.8. The van der Waals surface area contributed by atoms with E-state index < -0.39 is 6.03 Å². The molecular weight excluding hydrogens is 340 g/mol. The molecule has 2 N–H and O–H groups in total. The highest BCUT2D eigenvalue weighted by molar-refractivity contribution is 7.99. The molecule has 1 aromatic rings. The number of nitrogens with zero attached hydrogens (tertiary/aromatic N) is 4. The monoisotopic (exact) mass is 366 g/mol. The fourth-order valence-corrected chi connectivity index (χ4v) is 3.59. The Morgan fingerprint density at radius 3 is 2.60 bits per heavy atom. The molecular formula is C16H26N6O2S. The van der Waals surface area contributed by atoms with Gasteiger partial charge in [-0.2, -0.15) is 0 Å². The van der Waals surface area contributed by atoms with Gasteiger partial charge in [-0.1, -0.05) is 25.6 Å². The number of hydrogen-bond donors (Lipinski definition) is 2. The fraction of sp³-hybridized carbons (Fsp3) is 0.750. The first kappa shape index (κ1) is 18.0. The SMILES string of the molecule is CC(C)CNC(=O)NC(=O)CSc1nnc(N2CCCC2)n1C1CC1. The van der Waals surface area contributed by atoms with Crippen molar-refractivity contribution < 1.29 is 9.59 Å². The van der Waals surface area contributed by atoms with Crippen molar-refractivity contribution in [3.05, 3.63) is 0 Å². The number of thioether (sulfide) groups is 1. The number of hydrogen-bond acceptors (Lipinski definition) is 6. The van der Waals surface area contributed by atoms with Crippen LogP contribution in [-0.2, 0) is 4.79 Å². The zero-order valence-corrected chi connectivity index (χ0v) is 15.6. The van der Waals surface area contributed by atoms with Gasteiger partial charge < -0.3 is 10.2 Å². The van der Waals surface area contributed by atoms with Gasteiger partial charge in [0.1, 0.15) is 0 Å². The van der Waals surface area contributed by atoms with Crippen LogP contribution in [0, 0.1) is 5.92 Å². The molecule has 1 aliphatic carbocycles. The number of carbonyl (C=O) groups is 2. The Hall–Kier alpha value is -1.77. The molecule has 0 unspecified atom stereocenters. The molecule has 1 aliphatic heterocycles. The Morgan fingerprint density at radius 1 is 1.24 bits per heavy atom. The van der Waals surface area contributed by atoms with E-state index in [-0.39, 0.29) is 11.7 Å². The number of imide groups is 1. The van der Waals surface area contributed by atoms with Gasteiger partial charge in [-0.3, -0.25) is 14.7 Å². The second kappa shape index (κ2) is 8.07. The van der Waals surface area contributed by atoms with Gasteiger partial charge in [-0.25, -0.2) is 4.79 Å². The largest absolute Gasteiger partial charge is 0.341 e. The summed E-state index contributed by atoms with van der Waals surface area (Å²) < 4.78 is 2.17. The summed E-state index contributed by atoms with van der Waals surface area (Å²) in [6, 6.07) is 0.00576. The summed E-state index contributed by atoms with van der Waals surface area (Å²) in [5, 5.41) is 14.4. The van der Waals surface area contributed by atoms with Crippen LogP contribution in [0.2, 0.25) is 0 Å². The average Bonchev–Trinajstić information content (AvgIpc) is 3.10. The Labute approximate surface area is 152 Å². The van der Waals surface area contributed by atoms with Crippen molar-refractivity contribution in [1.82, 2.24) is 25.4 Å². The van der Waals surface area contributed by atoms with Crippen LogP contribution in [0.4, 0.5) is 10.7 Å². The van der Waals surface area contributed by atoms with Crippen LogP contribution in [0.25, 0.3) is 0 Å². The molecule has 9 heteroatoms. The molecule has 0 aromatic carbocycles. The lowest BCUT2D eigenvalue weighted by Gasteiger charge is -2.17. The predicted octanol–water partition coefficient (Wildman–Crippen LogP) is 1.79. The Bertz CT molecular complexity index is 622. The van der Waals surface area contributed by atoms with E-state index in [9.17, 15) is 9.59 Å². The maximum absolute atomic E-state index is 12.0. The van der Waals surface area contributed by atoms with E-state index in [0.717, 1.165) is 37.0 Å². The molecule has 0 spiro atoms. The van der Waals surface area contributed by atoms with Crippen molar-refractivity contribution in [2.45, 2.75) is 50.7 Å². The van der Waals surface area contributed by atoms with Crippen molar-refractivity contribution in [3.63, 3.8) is 0 Å². The third-order valence-corrected chi connectivity index (χ3v) is 5.15. The number of nitrogens with one attached hydrogen (secondary N) is 2. The number of aromatic nitrogens is 3. The minimum atomic E-state index is -0.444. The number of rotatable bonds is 7. The molecule has 1 saturated carbocycles. The van der Waals surface area contributed by atoms with Crippen LogP contribution in [0.15, 0.2) is 5.16 Å². The van der Waals surface area contributed by atoms with E-state index in [1.54, 1.807) is 0 Å². The highest BCUT2D eigenvalue weighted by Gasteiger charge is 2.32. The predicted molar refractivity (Wildman–Crippen MR) is 96.8 cm³/mol. The molecule has 3 rings (SSSR count). The van der Waals surface area contributed by atoms with Crippen LogP contribution in [0.3, 0.4) is 0 Å². The lowest BCUT2D eigenvalue weighted by Crippen LogP contribution is -2.41. The summed E-state index contributed by atoms with van der Waals surface area (Å²) in [6.07, 6.45) is 4.65. The van der Waals surface area contributed by atoms with Crippen LogP contribution in [0.1, 0.15) is 45.6 Å². The maximum atomic E-state index is 12.0. The van der Waals surface area contributed by atoms with Crippen LogP contribution < -0.4 is 15.5 Å². The molecule has 2 fully saturated rings. The van der Waals surface area contributed by atoms with E-state index in [4.69, 9.17) is 0 Å². The molecule has 2 aliphatic rings. The van der Waals surface area contributed by atoms with Gasteiger partial charge in [-0.15, -0.1) is 10.2 Å². The quantitative estimate of drug-likeness (QED) is 0.715. The average molecular weight is 366 g/mol. The summed E-state index contributed by atoms with van der Waals surface area (Å²) in [5.74, 6) is 1.10. The van der Waals surface area contributed by atoms with Gasteiger partial charge in [-0.05, 0) is 31.6 Å². The topological polar surface area (TPSA) is 92.2 Å². The number of amides is 3. The molecule has 3 amide bonds. The summed E-state index contributed by atoms with van der Waals surface area (Å²) in [4.78, 5) is 25.9. The number of anilines is 1. The van der Waals surface area contributed by atoms with Gasteiger partial charge in [0.05, 0.1) is 5.75 Å². The molecule has 8 nitrogen and oxygen atoms in total. The standard InChI is InChI=1S/C16H26N6O2S/c1-11(2)9-17-14(24)18-13(23)10-25-16-20-19-15(21-7-3-4-8-21)22(16)12-5-6-12/h11-12H,3-10H2,1-2H3,(H2,17,18,23,24). The van der Waals surface area contributed by atoms with Crippen molar-refractivity contribution >= 4 is 29.6 Å². The third-order valence-electron chi connectivity index (χ3n) is 4.20. The van der Waals surface area contributed by atoms with Gasteiger partial charge >= 0.3 is 6.03 Å². The molecule has 138 valence electrons. The molecule has 0 radical (unpaired) electrons. The normalized spacial score (nSPS) is 17.2. The van der Waals surface area contributed by atoms with Crippen LogP contribution in [-0.4, -0.2) is 52.1 Å². The van der Waals surface area contributed by atoms with E-state index in [1.807, 2.05) is 13.8 Å². The van der Waals surface area contributed by atoms with Crippen molar-refractivity contribution in [2.75, 3.05) is 30.3 Å². The minimum absolute atomic E-state index is 0.153. The van der Waals surface area contributed by atoms with Crippen molar-refractivity contribution in [2.24, 2.45) is 5.92 Å². The summed E-state index contributed by atoms with van der Waals surface area (Å²) in [5.41, 5.74) is 0. The lowest BCUT2D eigenvalue weighted by molar-refractivity contribution is -0.117. The summed E-state index contributed by atoms with van der Waals surface area (Å²) in [6.45, 7) is 6.58. The van der Waals surface area contributed by atoms with Crippen LogP contribution in [0.5, 0.6) is 0 Å². The number of urea groups is 1. The molecule has 25 heavy (non-hydrogen) atoms. The van der Waals surface area contributed by atoms with E-state index >= 15 is 0 Å². The van der Waals surface area contributed by atoms with Gasteiger partial charge in [0.25, 0.3) is 0 Å². The van der Waals surface area contributed by atoms with Crippen molar-refractivity contribution in [1.29, 1.82) is 0 Å². The first-order valence-corrected chi connectivity index (χ1v) is 9.93. The summed E-state index contributed by atoms with van der Waals surface area (Å²) >= 11 is 1.34. The van der Waals surface area contributed by atoms with E-state index in [0.29, 0.717) is 18.5 Å². The highest BCUT2D eigenvalue weighted by Crippen LogP contribution is 2.41. The van der Waals surface area contributed by atoms with Crippen LogP contribution >= 0.6 is 11.8 Å². The smallest absolute Gasteiger partial charge is 0.321 e. The first-order chi connectivity index (χ1) is 12.0.